The van der Waals surface area contributed by atoms with E-state index in [1.165, 1.54) is 97.6 Å². The van der Waals surface area contributed by atoms with Gasteiger partial charge in [-0.2, -0.15) is 0 Å². The maximum atomic E-state index is 2.37. The van der Waals surface area contributed by atoms with Crippen molar-refractivity contribution < 1.29 is 0 Å². The van der Waals surface area contributed by atoms with Crippen molar-refractivity contribution >= 4 is 70.4 Å². The van der Waals surface area contributed by atoms with Crippen LogP contribution in [0.1, 0.15) is 0 Å². The van der Waals surface area contributed by atoms with E-state index in [9.17, 15) is 0 Å². The molecule has 69 heavy (non-hydrogen) atoms. The van der Waals surface area contributed by atoms with E-state index in [2.05, 4.69) is 276 Å². The second-order valence-corrected chi connectivity index (χ2v) is 18.8. The molecule has 13 rings (SSSR count). The molecule has 2 heterocycles. The monoisotopic (exact) mass is 896 g/mol. The summed E-state index contributed by atoms with van der Waals surface area (Å²) in [5.41, 5.74) is 18.8. The summed E-state index contributed by atoms with van der Waals surface area (Å²) in [5.74, 6) is 0. The molecule has 0 bridgehead atoms. The normalized spacial score (nSPS) is 11.5. The van der Waals surface area contributed by atoms with Crippen LogP contribution in [0.2, 0.25) is 0 Å². The molecular formula is C66H44N2S. The van der Waals surface area contributed by atoms with Crippen LogP contribution in [0.4, 0.5) is 17.1 Å². The Hall–Kier alpha value is -8.76. The van der Waals surface area contributed by atoms with E-state index in [1.54, 1.807) is 0 Å². The first-order valence-electron chi connectivity index (χ1n) is 23.6. The van der Waals surface area contributed by atoms with Gasteiger partial charge in [-0.15, -0.1) is 11.3 Å². The van der Waals surface area contributed by atoms with E-state index in [4.69, 9.17) is 0 Å². The Morgan fingerprint density at radius 3 is 1.12 bits per heavy atom. The van der Waals surface area contributed by atoms with E-state index >= 15 is 0 Å². The van der Waals surface area contributed by atoms with Crippen molar-refractivity contribution in [1.82, 2.24) is 4.57 Å². The molecule has 0 saturated carbocycles. The molecule has 0 aliphatic carbocycles. The molecular weight excluding hydrogens is 853 g/mol. The van der Waals surface area contributed by atoms with Crippen molar-refractivity contribution in [2.24, 2.45) is 0 Å². The number of rotatable bonds is 9. The molecule has 3 heteroatoms. The highest BCUT2D eigenvalue weighted by Crippen LogP contribution is 2.41. The summed E-state index contributed by atoms with van der Waals surface area (Å²) in [4.78, 5) is 2.37. The van der Waals surface area contributed by atoms with Crippen LogP contribution >= 0.6 is 11.3 Å². The van der Waals surface area contributed by atoms with E-state index in [-0.39, 0.29) is 0 Å². The quantitative estimate of drug-likeness (QED) is 0.140. The smallest absolute Gasteiger partial charge is 0.0541 e. The van der Waals surface area contributed by atoms with Gasteiger partial charge in [0.05, 0.1) is 11.0 Å². The molecule has 2 nitrogen and oxygen atoms in total. The van der Waals surface area contributed by atoms with Crippen LogP contribution in [-0.4, -0.2) is 4.57 Å². The van der Waals surface area contributed by atoms with Gasteiger partial charge in [-0.05, 0) is 153 Å². The number of fused-ring (bicyclic) bond motifs is 6. The second-order valence-electron chi connectivity index (χ2n) is 17.7. The standard InChI is InChI=1S/C66H44N2S/c1-3-13-45(14-4-1)52-41-53(46-15-5-2-6-16-46)43-54(42-52)50-29-36-57(37-30-50)67(56-34-27-49(28-35-56)51-31-40-66-62(44-51)61-19-9-12-22-65(61)69-66)55-32-23-47(24-33-55)48-25-38-58(39-26-48)68-63-20-10-7-17-59(63)60-18-8-11-21-64(60)68/h1-44H. The highest BCUT2D eigenvalue weighted by molar-refractivity contribution is 7.25. The maximum absolute atomic E-state index is 2.37. The van der Waals surface area contributed by atoms with Gasteiger partial charge in [0.2, 0.25) is 0 Å². The Morgan fingerprint density at radius 1 is 0.246 bits per heavy atom. The molecule has 0 saturated heterocycles. The number of para-hydroxylation sites is 2. The minimum absolute atomic E-state index is 1.09. The lowest BCUT2D eigenvalue weighted by molar-refractivity contribution is 1.18. The lowest BCUT2D eigenvalue weighted by Crippen LogP contribution is -2.09. The van der Waals surface area contributed by atoms with E-state index in [0.717, 1.165) is 22.7 Å². The molecule has 2 aromatic heterocycles. The number of anilines is 3. The number of hydrogen-bond donors (Lipinski definition) is 0. The van der Waals surface area contributed by atoms with Crippen LogP contribution in [0.15, 0.2) is 267 Å². The van der Waals surface area contributed by atoms with Crippen molar-refractivity contribution in [2.75, 3.05) is 4.90 Å². The van der Waals surface area contributed by atoms with Crippen LogP contribution in [-0.2, 0) is 0 Å². The van der Waals surface area contributed by atoms with Crippen LogP contribution in [0, 0.1) is 0 Å². The van der Waals surface area contributed by atoms with Crippen LogP contribution in [0.3, 0.4) is 0 Å². The second kappa shape index (κ2) is 17.2. The molecule has 0 aliphatic heterocycles. The average molecular weight is 897 g/mol. The van der Waals surface area contributed by atoms with Gasteiger partial charge in [0.1, 0.15) is 0 Å². The molecule has 13 aromatic rings. The van der Waals surface area contributed by atoms with Crippen molar-refractivity contribution in [3.05, 3.63) is 267 Å². The Bertz CT molecular complexity index is 3850. The Kier molecular flexibility index (Phi) is 10.1. The number of nitrogens with zero attached hydrogens (tertiary/aromatic N) is 2. The molecule has 324 valence electrons. The molecule has 0 fully saturated rings. The number of aromatic nitrogens is 1. The van der Waals surface area contributed by atoms with Gasteiger partial charge in [-0.1, -0.05) is 170 Å². The Morgan fingerprint density at radius 2 is 0.609 bits per heavy atom. The van der Waals surface area contributed by atoms with Gasteiger partial charge >= 0.3 is 0 Å². The SMILES string of the molecule is c1ccc(-c2cc(-c3ccccc3)cc(-c3ccc(N(c4ccc(-c5ccc(-n6c7ccccc7c7ccccc76)cc5)cc4)c4ccc(-c5ccc6sc7ccccc7c6c5)cc4)cc3)c2)cc1. The summed E-state index contributed by atoms with van der Waals surface area (Å²) < 4.78 is 5.01. The van der Waals surface area contributed by atoms with Crippen molar-refractivity contribution in [3.8, 4) is 61.3 Å². The molecule has 0 amide bonds. The lowest BCUT2D eigenvalue weighted by atomic mass is 9.93. The largest absolute Gasteiger partial charge is 0.311 e. The first kappa shape index (κ1) is 40.5. The fourth-order valence-corrected chi connectivity index (χ4v) is 11.2. The summed E-state index contributed by atoms with van der Waals surface area (Å²) >= 11 is 1.86. The molecule has 0 atom stereocenters. The molecule has 0 N–H and O–H groups in total. The Labute approximate surface area is 405 Å². The molecule has 0 spiro atoms. The van der Waals surface area contributed by atoms with Crippen molar-refractivity contribution in [3.63, 3.8) is 0 Å². The van der Waals surface area contributed by atoms with Crippen molar-refractivity contribution in [1.29, 1.82) is 0 Å². The number of hydrogen-bond acceptors (Lipinski definition) is 2. The summed E-state index contributed by atoms with van der Waals surface area (Å²) in [6, 6.07) is 97.3. The van der Waals surface area contributed by atoms with Gasteiger partial charge in [0, 0.05) is 53.7 Å². The third kappa shape index (κ3) is 7.47. The summed E-state index contributed by atoms with van der Waals surface area (Å²) in [7, 11) is 0. The van der Waals surface area contributed by atoms with Gasteiger partial charge in [0.15, 0.2) is 0 Å². The van der Waals surface area contributed by atoms with Gasteiger partial charge in [0.25, 0.3) is 0 Å². The first-order chi connectivity index (χ1) is 34.2. The van der Waals surface area contributed by atoms with Crippen molar-refractivity contribution in [2.45, 2.75) is 0 Å². The highest BCUT2D eigenvalue weighted by Gasteiger charge is 2.17. The van der Waals surface area contributed by atoms with Gasteiger partial charge < -0.3 is 9.47 Å². The molecule has 0 radical (unpaired) electrons. The zero-order valence-electron chi connectivity index (χ0n) is 37.7. The van der Waals surface area contributed by atoms with E-state index in [0.29, 0.717) is 0 Å². The summed E-state index contributed by atoms with van der Waals surface area (Å²) in [5, 5.41) is 5.16. The van der Waals surface area contributed by atoms with E-state index < -0.39 is 0 Å². The van der Waals surface area contributed by atoms with Gasteiger partial charge in [-0.25, -0.2) is 0 Å². The zero-order chi connectivity index (χ0) is 45.7. The minimum atomic E-state index is 1.09. The Balaban J connectivity index is 0.864. The topological polar surface area (TPSA) is 8.17 Å². The third-order valence-electron chi connectivity index (χ3n) is 13.6. The van der Waals surface area contributed by atoms with Crippen LogP contribution < -0.4 is 4.90 Å². The first-order valence-corrected chi connectivity index (χ1v) is 24.4. The fourth-order valence-electron chi connectivity index (χ4n) is 10.2. The molecule has 0 aliphatic rings. The third-order valence-corrected chi connectivity index (χ3v) is 14.8. The summed E-state index contributed by atoms with van der Waals surface area (Å²) in [6.07, 6.45) is 0. The van der Waals surface area contributed by atoms with Crippen LogP contribution in [0.5, 0.6) is 0 Å². The predicted molar refractivity (Wildman–Crippen MR) is 296 cm³/mol. The lowest BCUT2D eigenvalue weighted by Gasteiger charge is -2.26. The average Bonchev–Trinajstić information content (AvgIpc) is 3.98. The predicted octanol–water partition coefficient (Wildman–Crippen LogP) is 19.0. The molecule has 0 unspecified atom stereocenters. The zero-order valence-corrected chi connectivity index (χ0v) is 38.5. The fraction of sp³-hybridized carbons (Fsp3) is 0. The number of benzene rings is 11. The number of thiophene rings is 1. The maximum Gasteiger partial charge on any atom is 0.0541 e. The van der Waals surface area contributed by atoms with Crippen LogP contribution in [0.25, 0.3) is 103 Å². The molecule has 11 aromatic carbocycles. The highest BCUT2D eigenvalue weighted by atomic mass is 32.1. The minimum Gasteiger partial charge on any atom is -0.311 e. The summed E-state index contributed by atoms with van der Waals surface area (Å²) in [6.45, 7) is 0. The van der Waals surface area contributed by atoms with E-state index in [1.807, 2.05) is 11.3 Å². The van der Waals surface area contributed by atoms with Gasteiger partial charge in [-0.3, -0.25) is 0 Å².